The van der Waals surface area contributed by atoms with E-state index in [1.807, 2.05) is 0 Å². The van der Waals surface area contributed by atoms with E-state index in [2.05, 4.69) is 10.3 Å². The number of ether oxygens (including phenoxy) is 1. The first kappa shape index (κ1) is 12.2. The van der Waals surface area contributed by atoms with Gasteiger partial charge in [-0.15, -0.1) is 0 Å². The minimum Gasteiger partial charge on any atom is -0.619 e. The van der Waals surface area contributed by atoms with E-state index in [9.17, 15) is 10.3 Å². The van der Waals surface area contributed by atoms with Crippen molar-refractivity contribution in [2.75, 3.05) is 26.3 Å². The summed E-state index contributed by atoms with van der Waals surface area (Å²) in [7, 11) is 0. The summed E-state index contributed by atoms with van der Waals surface area (Å²) in [6.07, 6.45) is 1.19. The Morgan fingerprint density at radius 2 is 2.10 bits per heavy atom. The van der Waals surface area contributed by atoms with E-state index in [1.165, 1.54) is 4.90 Å². The van der Waals surface area contributed by atoms with Gasteiger partial charge in [0.2, 0.25) is 11.3 Å². The zero-order valence-corrected chi connectivity index (χ0v) is 11.0. The fourth-order valence-corrected chi connectivity index (χ4v) is 3.60. The standard InChI is InChI=1S/C12H16N4O4/c17-12-7-10(15-3-5-19-6-4-15)16(18)9(12)2-1-8-11(12)14-20-13-8/h10,17H,1-7H2/p+1/t10-,12-/m1/s1. The van der Waals surface area contributed by atoms with Gasteiger partial charge >= 0.3 is 0 Å². The molecule has 1 fully saturated rings. The topological polar surface area (TPSA) is 98.9 Å². The maximum absolute atomic E-state index is 12.6. The number of hydroxylamine groups is 1. The molecule has 3 aliphatic rings. The SMILES string of the molecule is [O-][N+]1=C2CCc3nonc3[C@@]2(O)C[C@@H]1[NH+]1CCOCC1. The molecule has 0 aromatic carbocycles. The van der Waals surface area contributed by atoms with E-state index in [0.717, 1.165) is 17.8 Å². The lowest BCUT2D eigenvalue weighted by Crippen LogP contribution is -3.18. The average Bonchev–Trinajstić information content (AvgIpc) is 3.04. The highest BCUT2D eigenvalue weighted by atomic mass is 16.6. The summed E-state index contributed by atoms with van der Waals surface area (Å²) >= 11 is 0. The first-order chi connectivity index (χ1) is 9.70. The van der Waals surface area contributed by atoms with Gasteiger partial charge in [0.15, 0.2) is 5.69 Å². The number of fused-ring (bicyclic) bond motifs is 3. The predicted molar refractivity (Wildman–Crippen MR) is 65.1 cm³/mol. The van der Waals surface area contributed by atoms with E-state index in [-0.39, 0.29) is 6.17 Å². The number of rotatable bonds is 1. The third kappa shape index (κ3) is 1.55. The van der Waals surface area contributed by atoms with E-state index in [4.69, 9.17) is 9.37 Å². The highest BCUT2D eigenvalue weighted by molar-refractivity contribution is 5.91. The van der Waals surface area contributed by atoms with Gasteiger partial charge in [0, 0.05) is 12.8 Å². The van der Waals surface area contributed by atoms with E-state index < -0.39 is 5.60 Å². The summed E-state index contributed by atoms with van der Waals surface area (Å²) in [6.45, 7) is 2.89. The van der Waals surface area contributed by atoms with Crippen LogP contribution in [0.2, 0.25) is 0 Å². The second-order valence-electron chi connectivity index (χ2n) is 5.68. The van der Waals surface area contributed by atoms with Crippen LogP contribution in [0.1, 0.15) is 24.2 Å². The van der Waals surface area contributed by atoms with Crippen molar-refractivity contribution in [3.8, 4) is 0 Å². The Balaban J connectivity index is 1.71. The van der Waals surface area contributed by atoms with Gasteiger partial charge in [-0.3, -0.25) is 4.90 Å². The molecule has 4 rings (SSSR count). The maximum atomic E-state index is 12.6. The van der Waals surface area contributed by atoms with Crippen molar-refractivity contribution in [1.82, 2.24) is 10.3 Å². The van der Waals surface area contributed by atoms with Gasteiger partial charge in [-0.05, 0) is 0 Å². The van der Waals surface area contributed by atoms with Crippen LogP contribution in [0, 0.1) is 5.21 Å². The van der Waals surface area contributed by atoms with Crippen LogP contribution in [-0.4, -0.2) is 58.3 Å². The molecule has 2 aliphatic heterocycles. The zero-order valence-electron chi connectivity index (χ0n) is 11.0. The molecule has 1 saturated heterocycles. The number of morpholine rings is 1. The van der Waals surface area contributed by atoms with Crippen LogP contribution >= 0.6 is 0 Å². The van der Waals surface area contributed by atoms with Crippen molar-refractivity contribution < 1.29 is 24.1 Å². The van der Waals surface area contributed by atoms with Crippen molar-refractivity contribution >= 4 is 5.71 Å². The fraction of sp³-hybridized carbons (Fsp3) is 0.750. The summed E-state index contributed by atoms with van der Waals surface area (Å²) in [6, 6.07) is 0. The Morgan fingerprint density at radius 1 is 1.30 bits per heavy atom. The molecule has 0 saturated carbocycles. The normalized spacial score (nSPS) is 34.1. The molecule has 8 heteroatoms. The van der Waals surface area contributed by atoms with Crippen molar-refractivity contribution in [1.29, 1.82) is 0 Å². The van der Waals surface area contributed by atoms with Crippen molar-refractivity contribution in [3.63, 3.8) is 0 Å². The molecule has 0 amide bonds. The summed E-state index contributed by atoms with van der Waals surface area (Å²) in [5.74, 6) is 0. The third-order valence-corrected chi connectivity index (χ3v) is 4.67. The Kier molecular flexibility index (Phi) is 2.60. The quantitative estimate of drug-likeness (QED) is 0.448. The number of quaternary nitrogens is 1. The minimum atomic E-state index is -1.30. The first-order valence-electron chi connectivity index (χ1n) is 6.99. The lowest BCUT2D eigenvalue weighted by atomic mass is 9.82. The van der Waals surface area contributed by atoms with Crippen LogP contribution in [0.3, 0.4) is 0 Å². The lowest BCUT2D eigenvalue weighted by Gasteiger charge is -2.27. The van der Waals surface area contributed by atoms with Gasteiger partial charge in [0.25, 0.3) is 6.17 Å². The fourth-order valence-electron chi connectivity index (χ4n) is 3.60. The van der Waals surface area contributed by atoms with Crippen molar-refractivity contribution in [2.45, 2.75) is 31.0 Å². The van der Waals surface area contributed by atoms with E-state index in [1.54, 1.807) is 0 Å². The number of nitrogens with zero attached hydrogens (tertiary/aromatic N) is 3. The van der Waals surface area contributed by atoms with Gasteiger partial charge in [-0.2, -0.15) is 4.74 Å². The molecule has 8 nitrogen and oxygen atoms in total. The molecular weight excluding hydrogens is 264 g/mol. The number of hydrogen-bond donors (Lipinski definition) is 2. The Morgan fingerprint density at radius 3 is 2.90 bits per heavy atom. The number of aromatic nitrogens is 2. The molecule has 0 radical (unpaired) electrons. The summed E-state index contributed by atoms with van der Waals surface area (Å²) in [4.78, 5) is 1.17. The molecule has 0 bridgehead atoms. The molecule has 0 unspecified atom stereocenters. The monoisotopic (exact) mass is 281 g/mol. The second kappa shape index (κ2) is 4.24. The molecule has 2 N–H and O–H groups in total. The smallest absolute Gasteiger partial charge is 0.292 e. The molecule has 1 aromatic rings. The molecule has 20 heavy (non-hydrogen) atoms. The van der Waals surface area contributed by atoms with Crippen LogP contribution in [0.25, 0.3) is 0 Å². The Labute approximate surface area is 115 Å². The van der Waals surface area contributed by atoms with Crippen LogP contribution in [0.5, 0.6) is 0 Å². The van der Waals surface area contributed by atoms with Crippen LogP contribution in [-0.2, 0) is 16.8 Å². The van der Waals surface area contributed by atoms with Gasteiger partial charge in [0.05, 0.1) is 13.2 Å². The molecular formula is C12H17N4O4+. The zero-order chi connectivity index (χ0) is 13.7. The number of nitrogens with one attached hydrogen (secondary N) is 1. The molecule has 0 spiro atoms. The van der Waals surface area contributed by atoms with Crippen LogP contribution in [0.4, 0.5) is 0 Å². The van der Waals surface area contributed by atoms with Gasteiger partial charge in [0.1, 0.15) is 25.2 Å². The van der Waals surface area contributed by atoms with Crippen LogP contribution in [0.15, 0.2) is 4.63 Å². The average molecular weight is 281 g/mol. The second-order valence-corrected chi connectivity index (χ2v) is 5.68. The Bertz CT molecular complexity index is 566. The summed E-state index contributed by atoms with van der Waals surface area (Å²) in [5, 5.41) is 31.1. The van der Waals surface area contributed by atoms with Crippen LogP contribution < -0.4 is 4.90 Å². The summed E-state index contributed by atoms with van der Waals surface area (Å²) < 4.78 is 11.1. The molecule has 1 aliphatic carbocycles. The molecule has 3 heterocycles. The van der Waals surface area contributed by atoms with E-state index >= 15 is 0 Å². The Hall–Kier alpha value is -1.51. The number of aryl methyl sites for hydroxylation is 1. The number of hydrogen-bond acceptors (Lipinski definition) is 6. The number of aliphatic hydroxyl groups is 1. The predicted octanol–water partition coefficient (Wildman–Crippen LogP) is -2.20. The minimum absolute atomic E-state index is 0.276. The van der Waals surface area contributed by atoms with Crippen molar-refractivity contribution in [3.05, 3.63) is 16.6 Å². The highest BCUT2D eigenvalue weighted by Gasteiger charge is 2.59. The van der Waals surface area contributed by atoms with E-state index in [0.29, 0.717) is 49.6 Å². The van der Waals surface area contributed by atoms with Gasteiger partial charge in [-0.1, -0.05) is 10.3 Å². The largest absolute Gasteiger partial charge is 0.619 e. The van der Waals surface area contributed by atoms with Gasteiger partial charge in [-0.25, -0.2) is 4.63 Å². The maximum Gasteiger partial charge on any atom is 0.292 e. The van der Waals surface area contributed by atoms with Gasteiger partial charge < -0.3 is 15.1 Å². The lowest BCUT2D eigenvalue weighted by molar-refractivity contribution is -1.01. The molecule has 1 aromatic heterocycles. The molecule has 108 valence electrons. The summed E-state index contributed by atoms with van der Waals surface area (Å²) in [5.41, 5.74) is 0.299. The first-order valence-corrected chi connectivity index (χ1v) is 6.99. The highest BCUT2D eigenvalue weighted by Crippen LogP contribution is 2.38. The molecule has 2 atom stereocenters. The third-order valence-electron chi connectivity index (χ3n) is 4.67. The van der Waals surface area contributed by atoms with Crippen molar-refractivity contribution in [2.24, 2.45) is 0 Å².